The zero-order chi connectivity index (χ0) is 10.0. The average molecular weight is 186 g/mol. The largest absolute Gasteiger partial charge is 0.392 e. The van der Waals surface area contributed by atoms with Gasteiger partial charge in [0.05, 0.1) is 12.1 Å². The van der Waals surface area contributed by atoms with Crippen molar-refractivity contribution in [2.75, 3.05) is 13.6 Å². The SMILES string of the molecule is CC(C)N(C)C(=O)C1CC(O)CN1. The summed E-state index contributed by atoms with van der Waals surface area (Å²) in [4.78, 5) is 13.4. The van der Waals surface area contributed by atoms with Crippen molar-refractivity contribution in [3.8, 4) is 0 Å². The van der Waals surface area contributed by atoms with Crippen LogP contribution >= 0.6 is 0 Å². The molecule has 1 saturated heterocycles. The van der Waals surface area contributed by atoms with Crippen LogP contribution in [0.5, 0.6) is 0 Å². The number of carbonyl (C=O) groups is 1. The predicted molar refractivity (Wildman–Crippen MR) is 50.3 cm³/mol. The molecule has 1 fully saturated rings. The first-order valence-corrected chi connectivity index (χ1v) is 4.70. The van der Waals surface area contributed by atoms with Gasteiger partial charge in [-0.1, -0.05) is 0 Å². The van der Waals surface area contributed by atoms with Crippen LogP contribution in [0.15, 0.2) is 0 Å². The highest BCUT2D eigenvalue weighted by Crippen LogP contribution is 2.10. The summed E-state index contributed by atoms with van der Waals surface area (Å²) in [6.07, 6.45) is 0.171. The number of nitrogens with zero attached hydrogens (tertiary/aromatic N) is 1. The minimum Gasteiger partial charge on any atom is -0.392 e. The van der Waals surface area contributed by atoms with Gasteiger partial charge in [-0.15, -0.1) is 0 Å². The summed E-state index contributed by atoms with van der Waals surface area (Å²) < 4.78 is 0. The zero-order valence-corrected chi connectivity index (χ0v) is 8.45. The van der Waals surface area contributed by atoms with Crippen molar-refractivity contribution in [2.24, 2.45) is 0 Å². The number of hydrogen-bond acceptors (Lipinski definition) is 3. The van der Waals surface area contributed by atoms with E-state index in [1.165, 1.54) is 0 Å². The molecule has 0 spiro atoms. The van der Waals surface area contributed by atoms with E-state index >= 15 is 0 Å². The molecule has 1 amide bonds. The second kappa shape index (κ2) is 4.07. The molecule has 1 aliphatic rings. The number of aliphatic hydroxyl groups is 1. The van der Waals surface area contributed by atoms with Crippen LogP contribution in [0.25, 0.3) is 0 Å². The Kier molecular flexibility index (Phi) is 3.27. The molecule has 0 aliphatic carbocycles. The number of nitrogens with one attached hydrogen (secondary N) is 1. The lowest BCUT2D eigenvalue weighted by Gasteiger charge is -2.24. The molecule has 2 unspecified atom stereocenters. The molecule has 0 aromatic heterocycles. The lowest BCUT2D eigenvalue weighted by Crippen LogP contribution is -2.44. The first-order chi connectivity index (χ1) is 6.02. The number of likely N-dealkylation sites (N-methyl/N-ethyl adjacent to an activating group) is 1. The molecule has 1 rings (SSSR count). The van der Waals surface area contributed by atoms with E-state index in [1.807, 2.05) is 13.8 Å². The summed E-state index contributed by atoms with van der Waals surface area (Å²) >= 11 is 0. The molecular weight excluding hydrogens is 168 g/mol. The standard InChI is InChI=1S/C9H18N2O2/c1-6(2)11(3)9(13)8-4-7(12)5-10-8/h6-8,10,12H,4-5H2,1-3H3. The first-order valence-electron chi connectivity index (χ1n) is 4.70. The van der Waals surface area contributed by atoms with E-state index in [2.05, 4.69) is 5.32 Å². The second-order valence-corrected chi connectivity index (χ2v) is 3.89. The molecule has 2 atom stereocenters. The minimum absolute atomic E-state index is 0.0755. The van der Waals surface area contributed by atoms with Crippen molar-refractivity contribution in [1.29, 1.82) is 0 Å². The minimum atomic E-state index is -0.366. The van der Waals surface area contributed by atoms with Gasteiger partial charge in [0.25, 0.3) is 0 Å². The van der Waals surface area contributed by atoms with Crippen molar-refractivity contribution in [3.05, 3.63) is 0 Å². The van der Waals surface area contributed by atoms with E-state index in [0.717, 1.165) is 0 Å². The highest BCUT2D eigenvalue weighted by Gasteiger charge is 2.30. The van der Waals surface area contributed by atoms with Crippen LogP contribution in [0.4, 0.5) is 0 Å². The molecule has 0 saturated carbocycles. The molecule has 13 heavy (non-hydrogen) atoms. The normalized spacial score (nSPS) is 28.1. The van der Waals surface area contributed by atoms with Gasteiger partial charge in [0.2, 0.25) is 5.91 Å². The third-order valence-electron chi connectivity index (χ3n) is 2.53. The maximum atomic E-state index is 11.7. The van der Waals surface area contributed by atoms with Crippen LogP contribution in [0.2, 0.25) is 0 Å². The van der Waals surface area contributed by atoms with E-state index in [1.54, 1.807) is 11.9 Å². The summed E-state index contributed by atoms with van der Waals surface area (Å²) in [5.74, 6) is 0.0755. The Morgan fingerprint density at radius 3 is 2.62 bits per heavy atom. The zero-order valence-electron chi connectivity index (χ0n) is 8.45. The molecule has 76 valence electrons. The van der Waals surface area contributed by atoms with Gasteiger partial charge in [-0.05, 0) is 20.3 Å². The van der Waals surface area contributed by atoms with Gasteiger partial charge in [0.15, 0.2) is 0 Å². The number of amides is 1. The fourth-order valence-corrected chi connectivity index (χ4v) is 1.41. The fraction of sp³-hybridized carbons (Fsp3) is 0.889. The third-order valence-corrected chi connectivity index (χ3v) is 2.53. The Morgan fingerprint density at radius 2 is 2.23 bits per heavy atom. The molecular formula is C9H18N2O2. The molecule has 0 aromatic rings. The van der Waals surface area contributed by atoms with Gasteiger partial charge >= 0.3 is 0 Å². The Labute approximate surface area is 78.9 Å². The average Bonchev–Trinajstić information content (AvgIpc) is 2.49. The van der Waals surface area contributed by atoms with E-state index in [0.29, 0.717) is 13.0 Å². The molecule has 0 bridgehead atoms. The maximum absolute atomic E-state index is 11.7. The van der Waals surface area contributed by atoms with Crippen LogP contribution in [0.3, 0.4) is 0 Å². The summed E-state index contributed by atoms with van der Waals surface area (Å²) in [6, 6.07) is 0.0226. The van der Waals surface area contributed by atoms with Crippen LogP contribution in [0.1, 0.15) is 20.3 Å². The Bertz CT molecular complexity index is 194. The summed E-state index contributed by atoms with van der Waals surface area (Å²) in [5.41, 5.74) is 0. The topological polar surface area (TPSA) is 52.6 Å². The molecule has 1 heterocycles. The van der Waals surface area contributed by atoms with Crippen molar-refractivity contribution >= 4 is 5.91 Å². The van der Waals surface area contributed by atoms with Crippen LogP contribution in [-0.4, -0.2) is 47.7 Å². The molecule has 0 radical (unpaired) electrons. The van der Waals surface area contributed by atoms with Crippen LogP contribution < -0.4 is 5.32 Å². The Balaban J connectivity index is 2.48. The smallest absolute Gasteiger partial charge is 0.239 e. The summed E-state index contributed by atoms with van der Waals surface area (Å²) in [7, 11) is 1.79. The number of aliphatic hydroxyl groups excluding tert-OH is 1. The molecule has 1 aliphatic heterocycles. The lowest BCUT2D eigenvalue weighted by atomic mass is 10.1. The van der Waals surface area contributed by atoms with E-state index in [-0.39, 0.29) is 24.1 Å². The van der Waals surface area contributed by atoms with Gasteiger partial charge in [-0.3, -0.25) is 4.79 Å². The lowest BCUT2D eigenvalue weighted by molar-refractivity contribution is -0.133. The van der Waals surface area contributed by atoms with Gasteiger partial charge in [-0.2, -0.15) is 0 Å². The molecule has 2 N–H and O–H groups in total. The Hall–Kier alpha value is -0.610. The monoisotopic (exact) mass is 186 g/mol. The van der Waals surface area contributed by atoms with E-state index in [9.17, 15) is 9.90 Å². The predicted octanol–water partition coefficient (Wildman–Crippen LogP) is -0.424. The number of hydrogen-bond donors (Lipinski definition) is 2. The van der Waals surface area contributed by atoms with Crippen molar-refractivity contribution in [2.45, 2.75) is 38.5 Å². The highest BCUT2D eigenvalue weighted by molar-refractivity contribution is 5.82. The molecule has 4 heteroatoms. The molecule has 4 nitrogen and oxygen atoms in total. The highest BCUT2D eigenvalue weighted by atomic mass is 16.3. The van der Waals surface area contributed by atoms with Gasteiger partial charge in [-0.25, -0.2) is 0 Å². The van der Waals surface area contributed by atoms with Crippen LogP contribution in [0, 0.1) is 0 Å². The van der Waals surface area contributed by atoms with Gasteiger partial charge in [0, 0.05) is 19.6 Å². The van der Waals surface area contributed by atoms with E-state index in [4.69, 9.17) is 0 Å². The summed E-state index contributed by atoms with van der Waals surface area (Å²) in [6.45, 7) is 4.48. The first kappa shape index (κ1) is 10.5. The van der Waals surface area contributed by atoms with Crippen molar-refractivity contribution in [3.63, 3.8) is 0 Å². The molecule has 0 aromatic carbocycles. The second-order valence-electron chi connectivity index (χ2n) is 3.89. The van der Waals surface area contributed by atoms with Crippen molar-refractivity contribution in [1.82, 2.24) is 10.2 Å². The number of rotatable bonds is 2. The fourth-order valence-electron chi connectivity index (χ4n) is 1.41. The number of carbonyl (C=O) groups excluding carboxylic acids is 1. The van der Waals surface area contributed by atoms with Gasteiger partial charge in [0.1, 0.15) is 0 Å². The summed E-state index contributed by atoms with van der Waals surface area (Å²) in [5, 5.41) is 12.2. The van der Waals surface area contributed by atoms with Crippen LogP contribution in [-0.2, 0) is 4.79 Å². The third kappa shape index (κ3) is 2.42. The van der Waals surface area contributed by atoms with E-state index < -0.39 is 0 Å². The quantitative estimate of drug-likeness (QED) is 0.615. The Morgan fingerprint density at radius 1 is 1.62 bits per heavy atom. The van der Waals surface area contributed by atoms with Crippen molar-refractivity contribution < 1.29 is 9.90 Å². The number of β-amino-alcohol motifs (C(OH)–C–C–N with tert-alkyl or cyclic N) is 1. The maximum Gasteiger partial charge on any atom is 0.239 e. The van der Waals surface area contributed by atoms with Gasteiger partial charge < -0.3 is 15.3 Å².